The first kappa shape index (κ1) is 11.4. The highest BCUT2D eigenvalue weighted by Crippen LogP contribution is 2.27. The van der Waals surface area contributed by atoms with E-state index in [2.05, 4.69) is 28.7 Å². The molecule has 0 saturated carbocycles. The van der Waals surface area contributed by atoms with Crippen LogP contribution in [0.2, 0.25) is 5.15 Å². The summed E-state index contributed by atoms with van der Waals surface area (Å²) in [6, 6.07) is 1.73. The van der Waals surface area contributed by atoms with E-state index in [-0.39, 0.29) is 11.5 Å². The van der Waals surface area contributed by atoms with E-state index >= 15 is 0 Å². The molecule has 1 saturated heterocycles. The minimum absolute atomic E-state index is 0.109. The number of halogens is 1. The van der Waals surface area contributed by atoms with Crippen molar-refractivity contribution in [1.29, 1.82) is 0 Å². The van der Waals surface area contributed by atoms with Gasteiger partial charge >= 0.3 is 0 Å². The van der Waals surface area contributed by atoms with Gasteiger partial charge in [0.1, 0.15) is 11.0 Å². The van der Waals surface area contributed by atoms with E-state index < -0.39 is 0 Å². The lowest BCUT2D eigenvalue weighted by Crippen LogP contribution is -2.53. The number of ether oxygens (including phenoxy) is 1. The lowest BCUT2D eigenvalue weighted by atomic mass is 10.0. The number of nitrogen functional groups attached to an aromatic ring is 1. The second-order valence-corrected chi connectivity index (χ2v) is 4.81. The van der Waals surface area contributed by atoms with Gasteiger partial charge in [-0.3, -0.25) is 0 Å². The Balaban J connectivity index is 2.34. The van der Waals surface area contributed by atoms with E-state index in [1.54, 1.807) is 6.07 Å². The molecule has 1 aromatic heterocycles. The SMILES string of the molecule is CC1(C)COCCN1c1cc(Cl)nc(N)n1. The topological polar surface area (TPSA) is 64.3 Å². The molecule has 1 aliphatic heterocycles. The number of morpholine rings is 1. The van der Waals surface area contributed by atoms with Crippen molar-refractivity contribution >= 4 is 23.4 Å². The molecule has 0 unspecified atom stereocenters. The molecule has 0 spiro atoms. The van der Waals surface area contributed by atoms with Crippen LogP contribution in [-0.2, 0) is 4.74 Å². The standard InChI is InChI=1S/C10H15ClN4O/c1-10(2)6-16-4-3-15(10)8-5-7(11)13-9(12)14-8/h5H,3-4,6H2,1-2H3,(H2,12,13,14). The maximum Gasteiger partial charge on any atom is 0.223 e. The van der Waals surface area contributed by atoms with Crippen molar-refractivity contribution in [2.24, 2.45) is 0 Å². The molecule has 2 heterocycles. The van der Waals surface area contributed by atoms with Crippen LogP contribution in [0.25, 0.3) is 0 Å². The van der Waals surface area contributed by atoms with Crippen LogP contribution in [0.4, 0.5) is 11.8 Å². The highest BCUT2D eigenvalue weighted by molar-refractivity contribution is 6.29. The normalized spacial score (nSPS) is 19.8. The third-order valence-electron chi connectivity index (χ3n) is 2.62. The molecule has 1 aliphatic rings. The molecule has 1 fully saturated rings. The van der Waals surface area contributed by atoms with Crippen LogP contribution < -0.4 is 10.6 Å². The molecule has 0 bridgehead atoms. The number of nitrogens with two attached hydrogens (primary N) is 1. The van der Waals surface area contributed by atoms with Gasteiger partial charge in [-0.25, -0.2) is 4.98 Å². The first-order chi connectivity index (χ1) is 7.49. The van der Waals surface area contributed by atoms with Gasteiger partial charge in [0.15, 0.2) is 0 Å². The number of nitrogens with zero attached hydrogens (tertiary/aromatic N) is 3. The summed E-state index contributed by atoms with van der Waals surface area (Å²) in [6.07, 6.45) is 0. The summed E-state index contributed by atoms with van der Waals surface area (Å²) in [4.78, 5) is 10.2. The zero-order valence-electron chi connectivity index (χ0n) is 9.40. The van der Waals surface area contributed by atoms with E-state index in [0.717, 1.165) is 12.4 Å². The van der Waals surface area contributed by atoms with E-state index in [0.29, 0.717) is 18.4 Å². The van der Waals surface area contributed by atoms with E-state index in [1.165, 1.54) is 0 Å². The third kappa shape index (κ3) is 2.20. The Hall–Kier alpha value is -1.07. The average Bonchev–Trinajstić information content (AvgIpc) is 2.15. The lowest BCUT2D eigenvalue weighted by molar-refractivity contribution is 0.0639. The largest absolute Gasteiger partial charge is 0.377 e. The highest BCUT2D eigenvalue weighted by atomic mass is 35.5. The van der Waals surface area contributed by atoms with Crippen molar-refractivity contribution < 1.29 is 4.74 Å². The second-order valence-electron chi connectivity index (χ2n) is 4.42. The van der Waals surface area contributed by atoms with E-state index in [4.69, 9.17) is 22.1 Å². The van der Waals surface area contributed by atoms with Crippen LogP contribution in [0.1, 0.15) is 13.8 Å². The van der Waals surface area contributed by atoms with Crippen molar-refractivity contribution in [2.75, 3.05) is 30.4 Å². The maximum absolute atomic E-state index is 5.87. The van der Waals surface area contributed by atoms with Gasteiger partial charge < -0.3 is 15.4 Å². The average molecular weight is 243 g/mol. The van der Waals surface area contributed by atoms with Gasteiger partial charge in [-0.1, -0.05) is 11.6 Å². The van der Waals surface area contributed by atoms with Gasteiger partial charge in [-0.05, 0) is 13.8 Å². The lowest BCUT2D eigenvalue weighted by Gasteiger charge is -2.42. The zero-order valence-corrected chi connectivity index (χ0v) is 10.2. The molecule has 0 aliphatic carbocycles. The Labute approximate surface area is 99.6 Å². The Morgan fingerprint density at radius 1 is 1.50 bits per heavy atom. The molecule has 2 rings (SSSR count). The molecular weight excluding hydrogens is 228 g/mol. The highest BCUT2D eigenvalue weighted by Gasteiger charge is 2.31. The number of anilines is 2. The Kier molecular flexibility index (Phi) is 2.90. The van der Waals surface area contributed by atoms with Crippen molar-refractivity contribution in [3.8, 4) is 0 Å². The van der Waals surface area contributed by atoms with Gasteiger partial charge in [0.05, 0.1) is 18.8 Å². The predicted octanol–water partition coefficient (Wildman–Crippen LogP) is 1.33. The maximum atomic E-state index is 5.87. The summed E-state index contributed by atoms with van der Waals surface area (Å²) in [6.45, 7) is 6.32. The number of rotatable bonds is 1. The first-order valence-corrected chi connectivity index (χ1v) is 5.52. The molecule has 1 aromatic rings. The van der Waals surface area contributed by atoms with Gasteiger partial charge in [0, 0.05) is 12.6 Å². The van der Waals surface area contributed by atoms with Crippen molar-refractivity contribution in [3.05, 3.63) is 11.2 Å². The molecular formula is C10H15ClN4O. The quantitative estimate of drug-likeness (QED) is 0.753. The molecule has 0 radical (unpaired) electrons. The fraction of sp³-hybridized carbons (Fsp3) is 0.600. The van der Waals surface area contributed by atoms with Crippen LogP contribution in [0.15, 0.2) is 6.07 Å². The fourth-order valence-corrected chi connectivity index (χ4v) is 2.03. The van der Waals surface area contributed by atoms with Gasteiger partial charge in [-0.2, -0.15) is 4.98 Å². The molecule has 5 nitrogen and oxygen atoms in total. The van der Waals surface area contributed by atoms with Crippen molar-refractivity contribution in [1.82, 2.24) is 9.97 Å². The third-order valence-corrected chi connectivity index (χ3v) is 2.81. The van der Waals surface area contributed by atoms with Crippen LogP contribution in [-0.4, -0.2) is 35.3 Å². The van der Waals surface area contributed by atoms with Crippen LogP contribution in [0, 0.1) is 0 Å². The van der Waals surface area contributed by atoms with E-state index in [1.807, 2.05) is 0 Å². The van der Waals surface area contributed by atoms with Crippen LogP contribution >= 0.6 is 11.6 Å². The minimum Gasteiger partial charge on any atom is -0.377 e. The molecule has 2 N–H and O–H groups in total. The van der Waals surface area contributed by atoms with Gasteiger partial charge in [-0.15, -0.1) is 0 Å². The fourth-order valence-electron chi connectivity index (χ4n) is 1.84. The smallest absolute Gasteiger partial charge is 0.223 e. The Morgan fingerprint density at radius 3 is 2.88 bits per heavy atom. The van der Waals surface area contributed by atoms with Crippen molar-refractivity contribution in [2.45, 2.75) is 19.4 Å². The summed E-state index contributed by atoms with van der Waals surface area (Å²) in [5.74, 6) is 0.954. The second kappa shape index (κ2) is 4.07. The minimum atomic E-state index is -0.109. The number of hydrogen-bond acceptors (Lipinski definition) is 5. The summed E-state index contributed by atoms with van der Waals surface area (Å²) >= 11 is 5.87. The molecule has 0 amide bonds. The monoisotopic (exact) mass is 242 g/mol. The number of aromatic nitrogens is 2. The molecule has 0 atom stereocenters. The summed E-state index contributed by atoms with van der Waals surface area (Å²) < 4.78 is 5.45. The van der Waals surface area contributed by atoms with Gasteiger partial charge in [0.25, 0.3) is 0 Å². The zero-order chi connectivity index (χ0) is 11.8. The first-order valence-electron chi connectivity index (χ1n) is 5.14. The summed E-state index contributed by atoms with van der Waals surface area (Å²) in [7, 11) is 0. The molecule has 0 aromatic carbocycles. The summed E-state index contributed by atoms with van der Waals surface area (Å²) in [5.41, 5.74) is 5.48. The molecule has 16 heavy (non-hydrogen) atoms. The van der Waals surface area contributed by atoms with Crippen LogP contribution in [0.3, 0.4) is 0 Å². The summed E-state index contributed by atoms with van der Waals surface area (Å²) in [5, 5.41) is 0.366. The Bertz CT molecular complexity index is 376. The van der Waals surface area contributed by atoms with Gasteiger partial charge in [0.2, 0.25) is 5.95 Å². The predicted molar refractivity (Wildman–Crippen MR) is 63.7 cm³/mol. The number of hydrogen-bond donors (Lipinski definition) is 1. The molecule has 88 valence electrons. The Morgan fingerprint density at radius 2 is 2.25 bits per heavy atom. The van der Waals surface area contributed by atoms with E-state index in [9.17, 15) is 0 Å². The van der Waals surface area contributed by atoms with Crippen molar-refractivity contribution in [3.63, 3.8) is 0 Å². The molecule has 6 heteroatoms. The van der Waals surface area contributed by atoms with Crippen LogP contribution in [0.5, 0.6) is 0 Å².